The van der Waals surface area contributed by atoms with Crippen LogP contribution >= 0.6 is 27.3 Å². The van der Waals surface area contributed by atoms with Crippen LogP contribution in [0.3, 0.4) is 0 Å². The normalized spacial score (nSPS) is 14.5. The minimum Gasteiger partial charge on any atom is -0.486 e. The van der Waals surface area contributed by atoms with E-state index in [9.17, 15) is 0 Å². The lowest BCUT2D eigenvalue weighted by atomic mass is 9.99. The number of rotatable bonds is 8. The molecular formula is C12H20BrNO3S. The number of nitrogens with one attached hydrogen (secondary N) is 1. The van der Waals surface area contributed by atoms with Crippen LogP contribution in [-0.2, 0) is 11.3 Å². The maximum Gasteiger partial charge on any atom is 0.188 e. The smallest absolute Gasteiger partial charge is 0.188 e. The first-order valence-corrected chi connectivity index (χ1v) is 7.32. The Bertz CT molecular complexity index is 364. The quantitative estimate of drug-likeness (QED) is 0.764. The molecular weight excluding hydrogens is 318 g/mol. The van der Waals surface area contributed by atoms with Gasteiger partial charge in [-0.05, 0) is 35.3 Å². The fourth-order valence-electron chi connectivity index (χ4n) is 1.70. The van der Waals surface area contributed by atoms with Crippen molar-refractivity contribution in [3.63, 3.8) is 0 Å². The van der Waals surface area contributed by atoms with E-state index in [0.717, 1.165) is 16.1 Å². The molecule has 0 aliphatic carbocycles. The van der Waals surface area contributed by atoms with Crippen molar-refractivity contribution in [2.45, 2.75) is 25.4 Å². The van der Waals surface area contributed by atoms with Gasteiger partial charge in [-0.15, -0.1) is 11.3 Å². The predicted octanol–water partition coefficient (Wildman–Crippen LogP) is 2.40. The summed E-state index contributed by atoms with van der Waals surface area (Å²) in [5.74, 6) is 0. The average Bonchev–Trinajstić information content (AvgIpc) is 2.68. The van der Waals surface area contributed by atoms with E-state index in [4.69, 9.17) is 14.6 Å². The molecule has 1 rings (SSSR count). The molecule has 0 aromatic carbocycles. The van der Waals surface area contributed by atoms with Crippen molar-refractivity contribution in [3.8, 4) is 5.06 Å². The number of methoxy groups -OCH3 is 2. The van der Waals surface area contributed by atoms with Gasteiger partial charge in [0.2, 0.25) is 0 Å². The van der Waals surface area contributed by atoms with E-state index in [0.29, 0.717) is 13.0 Å². The highest BCUT2D eigenvalue weighted by Gasteiger charge is 2.23. The molecule has 0 spiro atoms. The van der Waals surface area contributed by atoms with Gasteiger partial charge in [0.05, 0.1) is 18.2 Å². The summed E-state index contributed by atoms with van der Waals surface area (Å²) in [4.78, 5) is 1.18. The summed E-state index contributed by atoms with van der Waals surface area (Å²) in [6.45, 7) is 3.49. The molecule has 1 aromatic heterocycles. The zero-order chi connectivity index (χ0) is 13.6. The molecule has 1 unspecified atom stereocenters. The van der Waals surface area contributed by atoms with Crippen LogP contribution in [-0.4, -0.2) is 38.1 Å². The Morgan fingerprint density at radius 2 is 2.22 bits per heavy atom. The van der Waals surface area contributed by atoms with Gasteiger partial charge in [0.15, 0.2) is 5.06 Å². The first kappa shape index (κ1) is 15.9. The topological polar surface area (TPSA) is 50.7 Å². The van der Waals surface area contributed by atoms with Crippen LogP contribution < -0.4 is 10.1 Å². The molecule has 1 heterocycles. The monoisotopic (exact) mass is 337 g/mol. The van der Waals surface area contributed by atoms with E-state index in [-0.39, 0.29) is 12.1 Å². The van der Waals surface area contributed by atoms with Crippen molar-refractivity contribution in [2.75, 3.05) is 27.4 Å². The number of ether oxygens (including phenoxy) is 2. The second-order valence-electron chi connectivity index (χ2n) is 4.37. The van der Waals surface area contributed by atoms with Crippen molar-refractivity contribution >= 4 is 27.3 Å². The third kappa shape index (κ3) is 4.51. The van der Waals surface area contributed by atoms with Crippen molar-refractivity contribution in [1.29, 1.82) is 0 Å². The molecule has 0 aliphatic heterocycles. The molecule has 0 bridgehead atoms. The largest absolute Gasteiger partial charge is 0.486 e. The summed E-state index contributed by atoms with van der Waals surface area (Å²) < 4.78 is 11.4. The van der Waals surface area contributed by atoms with E-state index < -0.39 is 0 Å². The lowest BCUT2D eigenvalue weighted by Crippen LogP contribution is -2.46. The van der Waals surface area contributed by atoms with Crippen LogP contribution in [0.5, 0.6) is 5.06 Å². The minimum atomic E-state index is -0.215. The molecule has 18 heavy (non-hydrogen) atoms. The van der Waals surface area contributed by atoms with E-state index >= 15 is 0 Å². The summed E-state index contributed by atoms with van der Waals surface area (Å²) in [5.41, 5.74) is -0.215. The highest BCUT2D eigenvalue weighted by molar-refractivity contribution is 9.10. The Kier molecular flexibility index (Phi) is 6.59. The van der Waals surface area contributed by atoms with Crippen LogP contribution in [0.1, 0.15) is 18.2 Å². The SMILES string of the molecule is COCC(C)(CCO)NCc1cc(Br)c(OC)s1. The van der Waals surface area contributed by atoms with Gasteiger partial charge in [0.1, 0.15) is 0 Å². The Hall–Kier alpha value is -0.140. The van der Waals surface area contributed by atoms with Crippen molar-refractivity contribution in [2.24, 2.45) is 0 Å². The molecule has 6 heteroatoms. The molecule has 0 saturated carbocycles. The zero-order valence-electron chi connectivity index (χ0n) is 11.0. The van der Waals surface area contributed by atoms with Crippen LogP contribution in [0.15, 0.2) is 10.5 Å². The predicted molar refractivity (Wildman–Crippen MR) is 77.4 cm³/mol. The van der Waals surface area contributed by atoms with Gasteiger partial charge in [-0.2, -0.15) is 0 Å². The van der Waals surface area contributed by atoms with E-state index in [1.54, 1.807) is 25.6 Å². The fraction of sp³-hybridized carbons (Fsp3) is 0.667. The molecule has 0 saturated heterocycles. The lowest BCUT2D eigenvalue weighted by molar-refractivity contribution is 0.0971. The third-order valence-electron chi connectivity index (χ3n) is 2.71. The highest BCUT2D eigenvalue weighted by atomic mass is 79.9. The second-order valence-corrected chi connectivity index (χ2v) is 6.33. The minimum absolute atomic E-state index is 0.143. The maximum absolute atomic E-state index is 9.09. The first-order valence-electron chi connectivity index (χ1n) is 5.71. The van der Waals surface area contributed by atoms with E-state index in [1.807, 2.05) is 13.0 Å². The fourth-order valence-corrected chi connectivity index (χ4v) is 3.33. The van der Waals surface area contributed by atoms with Gasteiger partial charge in [0, 0.05) is 30.7 Å². The summed E-state index contributed by atoms with van der Waals surface area (Å²) in [6.07, 6.45) is 0.657. The van der Waals surface area contributed by atoms with Crippen LogP contribution in [0.25, 0.3) is 0 Å². The zero-order valence-corrected chi connectivity index (χ0v) is 13.4. The van der Waals surface area contributed by atoms with Crippen LogP contribution in [0.4, 0.5) is 0 Å². The number of aliphatic hydroxyl groups is 1. The molecule has 1 aromatic rings. The summed E-state index contributed by atoms with van der Waals surface area (Å²) in [5, 5.41) is 13.4. The second kappa shape index (κ2) is 7.45. The molecule has 104 valence electrons. The molecule has 2 N–H and O–H groups in total. The number of halogens is 1. The number of hydrogen-bond donors (Lipinski definition) is 2. The molecule has 4 nitrogen and oxygen atoms in total. The Morgan fingerprint density at radius 1 is 1.50 bits per heavy atom. The van der Waals surface area contributed by atoms with E-state index in [2.05, 4.69) is 21.2 Å². The van der Waals surface area contributed by atoms with Gasteiger partial charge in [-0.3, -0.25) is 0 Å². The van der Waals surface area contributed by atoms with Gasteiger partial charge < -0.3 is 19.9 Å². The van der Waals surface area contributed by atoms with Gasteiger partial charge in [0.25, 0.3) is 0 Å². The Labute approximate surface area is 120 Å². The van der Waals surface area contributed by atoms with Gasteiger partial charge in [-0.1, -0.05) is 0 Å². The Balaban J connectivity index is 2.60. The molecule has 0 amide bonds. The van der Waals surface area contributed by atoms with Crippen molar-refractivity contribution in [1.82, 2.24) is 5.32 Å². The lowest BCUT2D eigenvalue weighted by Gasteiger charge is -2.29. The molecule has 0 radical (unpaired) electrons. The summed E-state index contributed by atoms with van der Waals surface area (Å²) in [6, 6.07) is 2.04. The standard InChI is InChI=1S/C12H20BrNO3S/c1-12(4-5-15,8-16-2)14-7-9-6-10(13)11(17-3)18-9/h6,14-15H,4-5,7-8H2,1-3H3. The summed E-state index contributed by atoms with van der Waals surface area (Å²) >= 11 is 5.05. The van der Waals surface area contributed by atoms with Crippen LogP contribution in [0.2, 0.25) is 0 Å². The third-order valence-corrected chi connectivity index (χ3v) is 4.66. The maximum atomic E-state index is 9.09. The number of thiophene rings is 1. The first-order chi connectivity index (χ1) is 8.54. The van der Waals surface area contributed by atoms with Crippen molar-refractivity contribution in [3.05, 3.63) is 15.4 Å². The van der Waals surface area contributed by atoms with Crippen LogP contribution in [0, 0.1) is 0 Å². The number of aliphatic hydroxyl groups excluding tert-OH is 1. The average molecular weight is 338 g/mol. The Morgan fingerprint density at radius 3 is 2.72 bits per heavy atom. The molecule has 0 aliphatic rings. The number of hydrogen-bond acceptors (Lipinski definition) is 5. The van der Waals surface area contributed by atoms with Crippen molar-refractivity contribution < 1.29 is 14.6 Å². The summed E-state index contributed by atoms with van der Waals surface area (Å²) in [7, 11) is 3.33. The molecule has 1 atom stereocenters. The van der Waals surface area contributed by atoms with E-state index in [1.165, 1.54) is 4.88 Å². The highest BCUT2D eigenvalue weighted by Crippen LogP contribution is 2.34. The van der Waals surface area contributed by atoms with Gasteiger partial charge in [-0.25, -0.2) is 0 Å². The molecule has 0 fully saturated rings. The van der Waals surface area contributed by atoms with Gasteiger partial charge >= 0.3 is 0 Å².